The van der Waals surface area contributed by atoms with Gasteiger partial charge in [-0.15, -0.1) is 0 Å². The van der Waals surface area contributed by atoms with Gasteiger partial charge in [0.05, 0.1) is 12.2 Å². The maximum atomic E-state index is 12.1. The van der Waals surface area contributed by atoms with Gasteiger partial charge in [-0.1, -0.05) is 43.7 Å². The number of nitrogens with zero attached hydrogens (tertiary/aromatic N) is 2. The van der Waals surface area contributed by atoms with E-state index in [0.717, 1.165) is 41.3 Å². The summed E-state index contributed by atoms with van der Waals surface area (Å²) >= 11 is 0. The summed E-state index contributed by atoms with van der Waals surface area (Å²) in [5.41, 5.74) is 5.35. The second-order valence-corrected chi connectivity index (χ2v) is 7.62. The van der Waals surface area contributed by atoms with E-state index in [4.69, 9.17) is 4.52 Å². The minimum absolute atomic E-state index is 0.00744. The third-order valence-corrected chi connectivity index (χ3v) is 4.04. The summed E-state index contributed by atoms with van der Waals surface area (Å²) in [7, 11) is 0. The number of allylic oxidation sites excluding steroid dienone is 4. The van der Waals surface area contributed by atoms with Crippen LogP contribution >= 0.6 is 0 Å². The van der Waals surface area contributed by atoms with Crippen LogP contribution in [-0.4, -0.2) is 9.72 Å². The van der Waals surface area contributed by atoms with Crippen LogP contribution in [0.15, 0.2) is 50.9 Å². The second-order valence-electron chi connectivity index (χ2n) is 7.62. The molecular weight excluding hydrogens is 324 g/mol. The van der Waals surface area contributed by atoms with E-state index in [0.29, 0.717) is 6.54 Å². The molecule has 1 aliphatic rings. The molecule has 2 aromatic rings. The van der Waals surface area contributed by atoms with Gasteiger partial charge in [-0.05, 0) is 51.2 Å². The van der Waals surface area contributed by atoms with Crippen molar-refractivity contribution in [2.24, 2.45) is 5.92 Å². The average Bonchev–Trinajstić information content (AvgIpc) is 2.88. The van der Waals surface area contributed by atoms with Crippen molar-refractivity contribution in [1.29, 1.82) is 0 Å². The van der Waals surface area contributed by atoms with Crippen LogP contribution in [0.2, 0.25) is 0 Å². The lowest BCUT2D eigenvalue weighted by molar-refractivity contribution is 0.393. The smallest absolute Gasteiger partial charge is 0.250 e. The third kappa shape index (κ3) is 5.32. The molecule has 4 heteroatoms. The molecule has 3 rings (SSSR count). The highest BCUT2D eigenvalue weighted by molar-refractivity contribution is 5.66. The summed E-state index contributed by atoms with van der Waals surface area (Å²) in [6, 6.07) is 3.45. The zero-order chi connectivity index (χ0) is 19.3. The van der Waals surface area contributed by atoms with Crippen LogP contribution in [0.4, 0.5) is 0 Å². The van der Waals surface area contributed by atoms with Crippen LogP contribution in [0, 0.1) is 19.8 Å². The lowest BCUT2D eigenvalue weighted by Gasteiger charge is -2.13. The van der Waals surface area contributed by atoms with Crippen molar-refractivity contribution in [3.05, 3.63) is 63.4 Å². The number of hydrogen-bond acceptors (Lipinski definition) is 3. The number of aromatic nitrogens is 2. The molecule has 0 unspecified atom stereocenters. The molecule has 0 bridgehead atoms. The zero-order valence-corrected chi connectivity index (χ0v) is 16.8. The number of aryl methyl sites for hydroxylation is 2. The Hall–Kier alpha value is -2.36. The predicted octanol–water partition coefficient (Wildman–Crippen LogP) is 5.45. The van der Waals surface area contributed by atoms with Crippen LogP contribution in [0.3, 0.4) is 0 Å². The molecule has 0 saturated carbocycles. The minimum atomic E-state index is 0.00744. The van der Waals surface area contributed by atoms with Gasteiger partial charge < -0.3 is 9.09 Å². The quantitative estimate of drug-likeness (QED) is 0.736. The van der Waals surface area contributed by atoms with Crippen molar-refractivity contribution >= 4 is 0 Å². The maximum Gasteiger partial charge on any atom is 0.250 e. The molecule has 0 radical (unpaired) electrons. The Morgan fingerprint density at radius 1 is 1.19 bits per heavy atom. The van der Waals surface area contributed by atoms with E-state index >= 15 is 0 Å². The molecule has 0 fully saturated rings. The van der Waals surface area contributed by atoms with Crippen LogP contribution in [0.25, 0.3) is 11.1 Å². The first kappa shape index (κ1) is 20.0. The molecule has 26 heavy (non-hydrogen) atoms. The zero-order valence-electron chi connectivity index (χ0n) is 16.8. The third-order valence-electron chi connectivity index (χ3n) is 4.04. The predicted molar refractivity (Wildman–Crippen MR) is 107 cm³/mol. The summed E-state index contributed by atoms with van der Waals surface area (Å²) in [6.07, 6.45) is 8.45. The first-order valence-corrected chi connectivity index (χ1v) is 9.28. The van der Waals surface area contributed by atoms with Crippen molar-refractivity contribution in [3.63, 3.8) is 0 Å². The van der Waals surface area contributed by atoms with Crippen molar-refractivity contribution < 1.29 is 4.52 Å². The highest BCUT2D eigenvalue weighted by Gasteiger charge is 2.13. The van der Waals surface area contributed by atoms with Gasteiger partial charge in [0.25, 0.3) is 5.56 Å². The standard InChI is InChI=1S/C18H20N2O2.C4H10/c1-12-5-4-6-15(9-12)10-20-11-16(7-8-17(20)21)18-13(2)19-22-14(18)3;1-4(2)3/h6-9,11H,4-5,10H2,1-3H3;4H,1-3H3. The normalized spacial score (nSPS) is 13.8. The Balaban J connectivity index is 0.000000552. The average molecular weight is 354 g/mol. The second kappa shape index (κ2) is 8.84. The summed E-state index contributed by atoms with van der Waals surface area (Å²) < 4.78 is 6.98. The fourth-order valence-electron chi connectivity index (χ4n) is 2.94. The maximum absolute atomic E-state index is 12.1. The molecule has 0 aromatic carbocycles. The Kier molecular flexibility index (Phi) is 6.78. The molecule has 0 amide bonds. The Labute approximate surface area is 156 Å². The van der Waals surface area contributed by atoms with E-state index < -0.39 is 0 Å². The van der Waals surface area contributed by atoms with E-state index in [2.05, 4.69) is 45.0 Å². The molecule has 0 aliphatic heterocycles. The van der Waals surface area contributed by atoms with Crippen molar-refractivity contribution in [2.45, 2.75) is 60.9 Å². The van der Waals surface area contributed by atoms with Crippen molar-refractivity contribution in [2.75, 3.05) is 0 Å². The molecule has 0 spiro atoms. The topological polar surface area (TPSA) is 48.0 Å². The summed E-state index contributed by atoms with van der Waals surface area (Å²) in [6.45, 7) is 13.0. The number of pyridine rings is 1. The van der Waals surface area contributed by atoms with E-state index in [1.165, 1.54) is 11.1 Å². The van der Waals surface area contributed by atoms with Gasteiger partial charge in [0, 0.05) is 23.4 Å². The molecular formula is C22H30N2O2. The lowest BCUT2D eigenvalue weighted by Crippen LogP contribution is -2.19. The van der Waals surface area contributed by atoms with E-state index in [1.54, 1.807) is 10.6 Å². The first-order chi connectivity index (χ1) is 12.3. The Bertz CT molecular complexity index is 844. The summed E-state index contributed by atoms with van der Waals surface area (Å²) in [5, 5.41) is 3.99. The Morgan fingerprint density at radius 2 is 1.88 bits per heavy atom. The SMILES string of the molecule is CC(C)C.CC1=CC(Cn2cc(-c3c(C)noc3C)ccc2=O)=CCC1. The van der Waals surface area contributed by atoms with E-state index in [-0.39, 0.29) is 5.56 Å². The molecule has 1 aliphatic carbocycles. The fraction of sp³-hybridized carbons (Fsp3) is 0.455. The van der Waals surface area contributed by atoms with E-state index in [9.17, 15) is 4.79 Å². The number of rotatable bonds is 3. The molecule has 0 atom stereocenters. The van der Waals surface area contributed by atoms with Gasteiger partial charge in [0.2, 0.25) is 0 Å². The van der Waals surface area contributed by atoms with Gasteiger partial charge >= 0.3 is 0 Å². The van der Waals surface area contributed by atoms with Crippen LogP contribution < -0.4 is 5.56 Å². The monoisotopic (exact) mass is 354 g/mol. The summed E-state index contributed by atoms with van der Waals surface area (Å²) in [4.78, 5) is 12.1. The minimum Gasteiger partial charge on any atom is -0.361 e. The lowest BCUT2D eigenvalue weighted by atomic mass is 10.0. The molecule has 140 valence electrons. The van der Waals surface area contributed by atoms with Gasteiger partial charge in [-0.2, -0.15) is 0 Å². The molecule has 2 heterocycles. The van der Waals surface area contributed by atoms with Crippen LogP contribution in [0.1, 0.15) is 52.0 Å². The Morgan fingerprint density at radius 3 is 2.46 bits per heavy atom. The summed E-state index contributed by atoms with van der Waals surface area (Å²) in [5.74, 6) is 1.61. The first-order valence-electron chi connectivity index (χ1n) is 9.28. The molecule has 4 nitrogen and oxygen atoms in total. The molecule has 2 aromatic heterocycles. The van der Waals surface area contributed by atoms with Crippen LogP contribution in [-0.2, 0) is 6.54 Å². The van der Waals surface area contributed by atoms with Gasteiger partial charge in [-0.3, -0.25) is 4.79 Å². The van der Waals surface area contributed by atoms with Gasteiger partial charge in [-0.25, -0.2) is 0 Å². The highest BCUT2D eigenvalue weighted by Crippen LogP contribution is 2.26. The van der Waals surface area contributed by atoms with Gasteiger partial charge in [0.1, 0.15) is 5.76 Å². The highest BCUT2D eigenvalue weighted by atomic mass is 16.5. The largest absolute Gasteiger partial charge is 0.361 e. The fourth-order valence-corrected chi connectivity index (χ4v) is 2.94. The van der Waals surface area contributed by atoms with Crippen molar-refractivity contribution in [1.82, 2.24) is 9.72 Å². The van der Waals surface area contributed by atoms with Crippen molar-refractivity contribution in [3.8, 4) is 11.1 Å². The number of hydrogen-bond donors (Lipinski definition) is 0. The molecule has 0 saturated heterocycles. The molecule has 0 N–H and O–H groups in total. The van der Waals surface area contributed by atoms with E-state index in [1.807, 2.05) is 26.1 Å². The van der Waals surface area contributed by atoms with Gasteiger partial charge in [0.15, 0.2) is 0 Å². The van der Waals surface area contributed by atoms with Crippen LogP contribution in [0.5, 0.6) is 0 Å².